The Morgan fingerprint density at radius 3 is 2.50 bits per heavy atom. The highest BCUT2D eigenvalue weighted by Gasteiger charge is 2.39. The number of anilines is 1. The number of benzene rings is 1. The molecule has 28 heavy (non-hydrogen) atoms. The standard InChI is InChI=1S/C22H26FN3O2/c1-22(2,3)16-6-8-17(9-7-16)26(21(28)20-18(23)10-12-25-20)19(14-27)15-5-4-11-24-13-15/h4-9,11,13-14,18-20,25H,10,12H2,1-3H3. The van der Waals surface area contributed by atoms with E-state index in [0.29, 0.717) is 24.1 Å². The van der Waals surface area contributed by atoms with Gasteiger partial charge in [0.1, 0.15) is 24.5 Å². The van der Waals surface area contributed by atoms with Crippen LogP contribution in [0.5, 0.6) is 0 Å². The summed E-state index contributed by atoms with van der Waals surface area (Å²) < 4.78 is 14.3. The van der Waals surface area contributed by atoms with E-state index in [0.717, 1.165) is 5.56 Å². The molecule has 1 aromatic heterocycles. The molecule has 1 aliphatic rings. The zero-order valence-electron chi connectivity index (χ0n) is 16.4. The molecule has 0 saturated carbocycles. The molecule has 5 nitrogen and oxygen atoms in total. The van der Waals surface area contributed by atoms with Crippen molar-refractivity contribution in [2.24, 2.45) is 0 Å². The lowest BCUT2D eigenvalue weighted by Gasteiger charge is -2.32. The minimum Gasteiger partial charge on any atom is -0.303 e. The zero-order valence-corrected chi connectivity index (χ0v) is 16.4. The molecule has 2 heterocycles. The summed E-state index contributed by atoms with van der Waals surface area (Å²) >= 11 is 0. The van der Waals surface area contributed by atoms with E-state index in [1.807, 2.05) is 24.3 Å². The fourth-order valence-electron chi connectivity index (χ4n) is 3.45. The highest BCUT2D eigenvalue weighted by Crippen LogP contribution is 2.31. The number of hydrogen-bond donors (Lipinski definition) is 1. The van der Waals surface area contributed by atoms with Crippen LogP contribution in [0.15, 0.2) is 48.8 Å². The molecule has 1 aromatic carbocycles. The number of aldehydes is 1. The maximum absolute atomic E-state index is 14.3. The number of rotatable bonds is 5. The SMILES string of the molecule is CC(C)(C)c1ccc(N(C(=O)C2NCCC2F)C(C=O)c2cccnc2)cc1. The number of nitrogens with one attached hydrogen (secondary N) is 1. The van der Waals surface area contributed by atoms with E-state index in [1.165, 1.54) is 4.90 Å². The van der Waals surface area contributed by atoms with Gasteiger partial charge in [0.25, 0.3) is 0 Å². The van der Waals surface area contributed by atoms with Gasteiger partial charge in [-0.05, 0) is 42.1 Å². The van der Waals surface area contributed by atoms with Crippen LogP contribution in [-0.4, -0.2) is 35.9 Å². The van der Waals surface area contributed by atoms with Crippen molar-refractivity contribution in [3.8, 4) is 0 Å². The fraction of sp³-hybridized carbons (Fsp3) is 0.409. The third-order valence-corrected chi connectivity index (χ3v) is 5.09. The topological polar surface area (TPSA) is 62.3 Å². The molecule has 0 aliphatic carbocycles. The van der Waals surface area contributed by atoms with Gasteiger partial charge in [0.05, 0.1) is 0 Å². The van der Waals surface area contributed by atoms with Gasteiger partial charge < -0.3 is 10.1 Å². The second-order valence-electron chi connectivity index (χ2n) is 8.11. The fourth-order valence-corrected chi connectivity index (χ4v) is 3.45. The van der Waals surface area contributed by atoms with Gasteiger partial charge in [0, 0.05) is 23.6 Å². The second-order valence-corrected chi connectivity index (χ2v) is 8.11. The molecule has 1 saturated heterocycles. The molecular weight excluding hydrogens is 357 g/mol. The van der Waals surface area contributed by atoms with Crippen molar-refractivity contribution in [2.75, 3.05) is 11.4 Å². The van der Waals surface area contributed by atoms with Crippen molar-refractivity contribution < 1.29 is 14.0 Å². The van der Waals surface area contributed by atoms with Gasteiger partial charge in [-0.3, -0.25) is 14.7 Å². The predicted molar refractivity (Wildman–Crippen MR) is 107 cm³/mol. The summed E-state index contributed by atoms with van der Waals surface area (Å²) in [7, 11) is 0. The summed E-state index contributed by atoms with van der Waals surface area (Å²) in [5.41, 5.74) is 2.20. The Labute approximate surface area is 165 Å². The molecule has 2 aromatic rings. The molecule has 1 amide bonds. The van der Waals surface area contributed by atoms with Crippen LogP contribution in [0.1, 0.15) is 44.4 Å². The van der Waals surface area contributed by atoms with E-state index in [1.54, 1.807) is 24.5 Å². The van der Waals surface area contributed by atoms with Gasteiger partial charge in [-0.1, -0.05) is 39.0 Å². The lowest BCUT2D eigenvalue weighted by molar-refractivity contribution is -0.123. The van der Waals surface area contributed by atoms with Gasteiger partial charge >= 0.3 is 0 Å². The first kappa shape index (κ1) is 20.1. The number of alkyl halides is 1. The van der Waals surface area contributed by atoms with Crippen molar-refractivity contribution in [1.29, 1.82) is 0 Å². The zero-order chi connectivity index (χ0) is 20.3. The Morgan fingerprint density at radius 2 is 2.00 bits per heavy atom. The quantitative estimate of drug-likeness (QED) is 0.805. The van der Waals surface area contributed by atoms with E-state index in [-0.39, 0.29) is 11.8 Å². The third-order valence-electron chi connectivity index (χ3n) is 5.09. The van der Waals surface area contributed by atoms with Crippen LogP contribution in [0, 0.1) is 0 Å². The first-order chi connectivity index (χ1) is 13.3. The van der Waals surface area contributed by atoms with Gasteiger partial charge in [0.15, 0.2) is 0 Å². The molecule has 3 atom stereocenters. The molecule has 148 valence electrons. The number of halogens is 1. The van der Waals surface area contributed by atoms with E-state index < -0.39 is 24.2 Å². The molecule has 1 fully saturated rings. The van der Waals surface area contributed by atoms with Gasteiger partial charge in [0.2, 0.25) is 5.91 Å². The number of aromatic nitrogens is 1. The van der Waals surface area contributed by atoms with Crippen molar-refractivity contribution in [3.63, 3.8) is 0 Å². The summed E-state index contributed by atoms with van der Waals surface area (Å²) in [6.07, 6.45) is 2.87. The second kappa shape index (κ2) is 8.19. The maximum atomic E-state index is 14.3. The minimum atomic E-state index is -1.27. The first-order valence-corrected chi connectivity index (χ1v) is 9.49. The monoisotopic (exact) mass is 383 g/mol. The Bertz CT molecular complexity index is 818. The van der Waals surface area contributed by atoms with Crippen molar-refractivity contribution in [3.05, 3.63) is 59.9 Å². The third kappa shape index (κ3) is 4.12. The summed E-state index contributed by atoms with van der Waals surface area (Å²) in [6, 6.07) is 9.12. The van der Waals surface area contributed by atoms with Crippen molar-refractivity contribution in [1.82, 2.24) is 10.3 Å². The molecule has 6 heteroatoms. The van der Waals surface area contributed by atoms with E-state index >= 15 is 0 Å². The van der Waals surface area contributed by atoms with Gasteiger partial charge in [-0.25, -0.2) is 4.39 Å². The molecule has 1 aliphatic heterocycles. The van der Waals surface area contributed by atoms with Crippen molar-refractivity contribution >= 4 is 17.9 Å². The minimum absolute atomic E-state index is 0.0438. The summed E-state index contributed by atoms with van der Waals surface area (Å²) in [4.78, 5) is 30.7. The summed E-state index contributed by atoms with van der Waals surface area (Å²) in [5, 5.41) is 2.92. The van der Waals surface area contributed by atoms with Gasteiger partial charge in [-0.2, -0.15) is 0 Å². The highest BCUT2D eigenvalue weighted by atomic mass is 19.1. The Hall–Kier alpha value is -2.60. The highest BCUT2D eigenvalue weighted by molar-refractivity contribution is 6.01. The van der Waals surface area contributed by atoms with Crippen LogP contribution >= 0.6 is 0 Å². The van der Waals surface area contributed by atoms with Crippen molar-refractivity contribution in [2.45, 2.75) is 50.9 Å². The number of pyridine rings is 1. The average Bonchev–Trinajstić information content (AvgIpc) is 3.11. The molecule has 3 rings (SSSR count). The molecule has 1 N–H and O–H groups in total. The Morgan fingerprint density at radius 1 is 1.29 bits per heavy atom. The number of carbonyl (C=O) groups excluding carboxylic acids is 2. The molecular formula is C22H26FN3O2. The van der Waals surface area contributed by atoms with Crippen LogP contribution in [-0.2, 0) is 15.0 Å². The van der Waals surface area contributed by atoms with Crippen LogP contribution in [0.2, 0.25) is 0 Å². The Kier molecular flexibility index (Phi) is 5.89. The summed E-state index contributed by atoms with van der Waals surface area (Å²) in [5.74, 6) is -0.450. The predicted octanol–water partition coefficient (Wildman–Crippen LogP) is 3.35. The van der Waals surface area contributed by atoms with Crippen LogP contribution in [0.4, 0.5) is 10.1 Å². The Balaban J connectivity index is 2.03. The normalized spacial score (nSPS) is 20.6. The molecule has 0 bridgehead atoms. The number of nitrogens with zero attached hydrogens (tertiary/aromatic N) is 2. The van der Waals surface area contributed by atoms with Crippen LogP contribution in [0.25, 0.3) is 0 Å². The van der Waals surface area contributed by atoms with Crippen LogP contribution < -0.4 is 10.2 Å². The van der Waals surface area contributed by atoms with Crippen LogP contribution in [0.3, 0.4) is 0 Å². The maximum Gasteiger partial charge on any atom is 0.248 e. The lowest BCUT2D eigenvalue weighted by Crippen LogP contribution is -2.49. The average molecular weight is 383 g/mol. The number of amides is 1. The largest absolute Gasteiger partial charge is 0.303 e. The smallest absolute Gasteiger partial charge is 0.248 e. The van der Waals surface area contributed by atoms with E-state index in [9.17, 15) is 14.0 Å². The summed E-state index contributed by atoms with van der Waals surface area (Å²) in [6.45, 7) is 6.74. The van der Waals surface area contributed by atoms with E-state index in [2.05, 4.69) is 31.1 Å². The van der Waals surface area contributed by atoms with E-state index in [4.69, 9.17) is 0 Å². The lowest BCUT2D eigenvalue weighted by atomic mass is 9.87. The molecule has 0 radical (unpaired) electrons. The molecule has 3 unspecified atom stereocenters. The van der Waals surface area contributed by atoms with Gasteiger partial charge in [-0.15, -0.1) is 0 Å². The first-order valence-electron chi connectivity index (χ1n) is 9.49. The number of carbonyl (C=O) groups is 2. The molecule has 0 spiro atoms. The number of hydrogen-bond acceptors (Lipinski definition) is 4.